The summed E-state index contributed by atoms with van der Waals surface area (Å²) in [5, 5.41) is 15.4. The lowest BCUT2D eigenvalue weighted by atomic mass is 9.96. The Morgan fingerprint density at radius 2 is 0.655 bits per heavy atom. The van der Waals surface area contributed by atoms with Gasteiger partial charge in [0, 0.05) is 156 Å². The number of furan rings is 4. The number of benzene rings is 12. The molecule has 578 valence electrons. The van der Waals surface area contributed by atoms with Crippen LogP contribution < -0.4 is 18.3 Å². The number of fused-ring (bicyclic) bond motifs is 20. The van der Waals surface area contributed by atoms with Crippen molar-refractivity contribution in [3.05, 3.63) is 348 Å². The minimum Gasteiger partial charge on any atom is -0.455 e. The van der Waals surface area contributed by atoms with Crippen LogP contribution in [0.4, 0.5) is 0 Å². The van der Waals surface area contributed by atoms with Crippen molar-refractivity contribution < 1.29 is 45.5 Å². The first kappa shape index (κ1) is 67.0. The second kappa shape index (κ2) is 30.1. The molecule has 0 aliphatic carbocycles. The fraction of sp³-hybridized carbons (Fsp3) is 0.138. The van der Waals surface area contributed by atoms with E-state index in [1.165, 1.54) is 27.8 Å². The van der Waals surface area contributed by atoms with Crippen molar-refractivity contribution in [1.82, 2.24) is 9.97 Å². The monoisotopic (exact) mass is 1560 g/mol. The van der Waals surface area contributed by atoms with Gasteiger partial charge >= 0.3 is 0 Å². The zero-order valence-electron chi connectivity index (χ0n) is 75.6. The quantitative estimate of drug-likeness (QED) is 0.148. The van der Waals surface area contributed by atoms with Gasteiger partial charge in [-0.2, -0.15) is 0 Å². The van der Waals surface area contributed by atoms with Gasteiger partial charge in [-0.05, 0) is 172 Å². The van der Waals surface area contributed by atoms with Gasteiger partial charge in [0.1, 0.15) is 72.7 Å². The minimum absolute atomic E-state index is 0.337. The standard InChI is InChI=1S/C31H26NO.C30H24NO.C25H23N2O.C23H19N2O/c1-19-16-28-26-15-14-24(21(3)30(26)33-31(28)25-13-9-8-12-23(19)25)29-17-27(20(2)18-32(29)4)22-10-6-5-7-11-22;1-19-18-31(3)28(17-27(19)21-9-5-4-6-10-21)23-15-16-25-26-14-13-22-11-7-8-12-24(22)30(26)32-29(25)20(23)2;1-15(2)17-11-12-27(4)22(13-17)19-9-10-21-23-25(28-24(21)16(19)3)20-8-6-5-7-18(20)14-26-23;1-14-10-11-25(3)20(12-14)17-8-9-19-21-23(26-22(19)15(17)2)18-7-5-4-6-16(18)13-24-21/h5-18H,1-4H3;4-18H,1-3H3;5-15H,1-4H3;4-13H,1-3H3/q4*+1/i2D3;1D3;15D;. The molecule has 0 radical (unpaired) electrons. The number of hydrogen-bond acceptors (Lipinski definition) is 6. The molecule has 0 unspecified atom stereocenters. The van der Waals surface area contributed by atoms with E-state index in [9.17, 15) is 0 Å². The zero-order chi connectivity index (χ0) is 87.7. The van der Waals surface area contributed by atoms with Crippen molar-refractivity contribution in [2.24, 2.45) is 28.2 Å². The van der Waals surface area contributed by atoms with Crippen LogP contribution in [0.3, 0.4) is 0 Å². The number of aromatic nitrogens is 6. The van der Waals surface area contributed by atoms with Gasteiger partial charge in [-0.25, -0.2) is 18.3 Å². The molecule has 10 heteroatoms. The van der Waals surface area contributed by atoms with Crippen LogP contribution >= 0.6 is 0 Å². The first-order valence-corrected chi connectivity index (χ1v) is 40.3. The lowest BCUT2D eigenvalue weighted by Gasteiger charge is -2.10. The molecule has 0 saturated heterocycles. The lowest BCUT2D eigenvalue weighted by molar-refractivity contribution is -0.660. The Bertz CT molecular complexity index is 8180. The van der Waals surface area contributed by atoms with Crippen LogP contribution in [0.5, 0.6) is 0 Å². The molecule has 12 aromatic carbocycles. The van der Waals surface area contributed by atoms with E-state index in [4.69, 9.17) is 27.3 Å². The minimum atomic E-state index is -2.22. The average molecular weight is 1560 g/mol. The molecule has 10 heterocycles. The molecule has 22 aromatic rings. The summed E-state index contributed by atoms with van der Waals surface area (Å²) in [6, 6.07) is 88.4. The molecule has 0 spiro atoms. The van der Waals surface area contributed by atoms with Gasteiger partial charge < -0.3 is 17.7 Å². The summed E-state index contributed by atoms with van der Waals surface area (Å²) in [5.41, 5.74) is 28.9. The lowest BCUT2D eigenvalue weighted by Crippen LogP contribution is -2.31. The number of pyridine rings is 6. The van der Waals surface area contributed by atoms with Gasteiger partial charge in [0.05, 0.1) is 22.3 Å². The Morgan fingerprint density at radius 3 is 1.14 bits per heavy atom. The van der Waals surface area contributed by atoms with E-state index in [0.717, 1.165) is 204 Å². The van der Waals surface area contributed by atoms with Crippen LogP contribution in [0.15, 0.2) is 316 Å². The zero-order valence-corrected chi connectivity index (χ0v) is 68.6. The molecule has 0 atom stereocenters. The number of aryl methyl sites for hydroxylation is 12. The van der Waals surface area contributed by atoms with Gasteiger partial charge in [0.15, 0.2) is 36.0 Å². The van der Waals surface area contributed by atoms with E-state index >= 15 is 0 Å². The highest BCUT2D eigenvalue weighted by Gasteiger charge is 2.27. The van der Waals surface area contributed by atoms with Gasteiger partial charge in [0.2, 0.25) is 22.8 Å². The summed E-state index contributed by atoms with van der Waals surface area (Å²) in [7, 11) is 7.91. The SMILES string of the molecule is Cc1cc[n+](C)c(-c2ccc3c(oc4c5ccccc5cnc34)c2C)c1.[2H]C(C)(C)c1cc[n+](C)c(-c2ccc3c(oc4c5ccccc5cnc34)c2C)c1.[2H]C([2H])([2H])c1c[n+](C)c(-c2ccc3c(oc4c5ccccc5c(C)cc34)c2C)cc1-c1ccccc1.[2H]C([2H])([2H])c1c[n+](C)c(-c2ccc3c(oc4c5ccccc5ccc34)c2C)cc1-c1ccccc1. The van der Waals surface area contributed by atoms with E-state index in [0.29, 0.717) is 16.7 Å². The van der Waals surface area contributed by atoms with E-state index in [1.807, 2.05) is 184 Å². The third kappa shape index (κ3) is 13.1. The summed E-state index contributed by atoms with van der Waals surface area (Å²) < 4.78 is 91.0. The smallest absolute Gasteiger partial charge is 0.213 e. The summed E-state index contributed by atoms with van der Waals surface area (Å²) >= 11 is 0. The van der Waals surface area contributed by atoms with Crippen molar-refractivity contribution in [3.8, 4) is 67.3 Å². The van der Waals surface area contributed by atoms with Crippen molar-refractivity contribution in [1.29, 1.82) is 0 Å². The van der Waals surface area contributed by atoms with Crippen molar-refractivity contribution >= 4 is 131 Å². The Balaban J connectivity index is 0.000000111. The van der Waals surface area contributed by atoms with Crippen LogP contribution in [0.2, 0.25) is 0 Å². The maximum atomic E-state index is 8.40. The first-order valence-electron chi connectivity index (χ1n) is 43.8. The molecular formula is C109H92N6O4+4. The van der Waals surface area contributed by atoms with E-state index < -0.39 is 19.6 Å². The third-order valence-electron chi connectivity index (χ3n) is 24.0. The molecule has 0 aliphatic heterocycles. The normalized spacial score (nSPS) is 12.9. The first-order chi connectivity index (χ1) is 60.5. The molecule has 119 heavy (non-hydrogen) atoms. The molecule has 0 saturated carbocycles. The average Bonchev–Trinajstić information content (AvgIpc) is 1.56. The van der Waals surface area contributed by atoms with E-state index in [1.54, 1.807) is 12.4 Å². The predicted molar refractivity (Wildman–Crippen MR) is 490 cm³/mol. The second-order valence-corrected chi connectivity index (χ2v) is 31.7. The maximum absolute atomic E-state index is 8.40. The molecule has 0 N–H and O–H groups in total. The molecule has 0 amide bonds. The van der Waals surface area contributed by atoms with Gasteiger partial charge in [-0.3, -0.25) is 9.97 Å². The second-order valence-electron chi connectivity index (χ2n) is 31.7. The van der Waals surface area contributed by atoms with Crippen molar-refractivity contribution in [2.75, 3.05) is 0 Å². The fourth-order valence-corrected chi connectivity index (χ4v) is 17.5. The molecule has 10 aromatic heterocycles. The summed E-state index contributed by atoms with van der Waals surface area (Å²) in [6.45, 7) is 12.0. The highest BCUT2D eigenvalue weighted by molar-refractivity contribution is 6.19. The molecule has 0 bridgehead atoms. The van der Waals surface area contributed by atoms with Crippen LogP contribution in [-0.2, 0) is 28.2 Å². The largest absolute Gasteiger partial charge is 0.455 e. The van der Waals surface area contributed by atoms with Crippen LogP contribution in [0.25, 0.3) is 198 Å². The molecule has 10 nitrogen and oxygen atoms in total. The van der Waals surface area contributed by atoms with Crippen molar-refractivity contribution in [2.45, 2.75) is 75.0 Å². The van der Waals surface area contributed by atoms with Crippen LogP contribution in [0, 0.1) is 55.2 Å². The predicted octanol–water partition coefficient (Wildman–Crippen LogP) is 26.6. The molecule has 22 rings (SSSR count). The summed E-state index contributed by atoms with van der Waals surface area (Å²) in [6.07, 6.45) is 11.4. The Hall–Kier alpha value is -14.2. The van der Waals surface area contributed by atoms with Gasteiger partial charge in [-0.1, -0.05) is 178 Å². The van der Waals surface area contributed by atoms with E-state index in [2.05, 4.69) is 213 Å². The third-order valence-corrected chi connectivity index (χ3v) is 24.0. The van der Waals surface area contributed by atoms with Crippen LogP contribution in [-0.4, -0.2) is 9.97 Å². The van der Waals surface area contributed by atoms with Gasteiger partial charge in [0.25, 0.3) is 0 Å². The maximum Gasteiger partial charge on any atom is 0.213 e. The number of hydrogen-bond donors (Lipinski definition) is 0. The van der Waals surface area contributed by atoms with Crippen molar-refractivity contribution in [3.63, 3.8) is 0 Å². The molecule has 0 fully saturated rings. The highest BCUT2D eigenvalue weighted by Crippen LogP contribution is 2.44. The highest BCUT2D eigenvalue weighted by atomic mass is 16.3. The van der Waals surface area contributed by atoms with Crippen LogP contribution in [0.1, 0.15) is 79.4 Å². The number of rotatable bonds is 7. The summed E-state index contributed by atoms with van der Waals surface area (Å²) in [4.78, 5) is 9.35. The topological polar surface area (TPSA) is 93.9 Å². The number of nitrogens with zero attached hydrogens (tertiary/aromatic N) is 6. The Kier molecular flexibility index (Phi) is 17.0. The Morgan fingerprint density at radius 1 is 0.294 bits per heavy atom. The van der Waals surface area contributed by atoms with Gasteiger partial charge in [-0.15, -0.1) is 0 Å². The Labute approximate surface area is 701 Å². The molecular weight excluding hydrogens is 1460 g/mol. The van der Waals surface area contributed by atoms with E-state index in [-0.39, 0.29) is 0 Å². The molecule has 0 aliphatic rings. The summed E-state index contributed by atoms with van der Waals surface area (Å²) in [5.74, 6) is -0.650. The fourth-order valence-electron chi connectivity index (χ4n) is 17.5.